The first-order chi connectivity index (χ1) is 15.3. The average molecular weight is 475 g/mol. The number of nitrogens with one attached hydrogen (secondary N) is 2. The molecule has 0 saturated heterocycles. The van der Waals surface area contributed by atoms with E-state index in [4.69, 9.17) is 21.1 Å². The molecule has 0 aliphatic carbocycles. The topological polar surface area (TPSA) is 93.7 Å². The van der Waals surface area contributed by atoms with Crippen molar-refractivity contribution in [1.82, 2.24) is 4.72 Å². The molecular weight excluding hydrogens is 452 g/mol. The molecule has 0 radical (unpaired) electrons. The summed E-state index contributed by atoms with van der Waals surface area (Å²) >= 11 is 5.90. The highest BCUT2D eigenvalue weighted by Gasteiger charge is 2.27. The number of anilines is 1. The first-order valence-corrected chi connectivity index (χ1v) is 11.5. The third kappa shape index (κ3) is 6.00. The van der Waals surface area contributed by atoms with Gasteiger partial charge in [-0.2, -0.15) is 4.72 Å². The maximum absolute atomic E-state index is 13.1. The predicted molar refractivity (Wildman–Crippen MR) is 124 cm³/mol. The molecule has 0 aliphatic heterocycles. The number of carbonyl (C=O) groups excluding carboxylic acids is 1. The molecule has 0 saturated carbocycles. The van der Waals surface area contributed by atoms with Gasteiger partial charge >= 0.3 is 0 Å². The number of rotatable bonds is 9. The molecule has 0 fully saturated rings. The number of hydrogen-bond acceptors (Lipinski definition) is 5. The van der Waals surface area contributed by atoms with Crippen LogP contribution in [0, 0.1) is 0 Å². The molecule has 3 rings (SSSR count). The van der Waals surface area contributed by atoms with Crippen LogP contribution in [0.5, 0.6) is 11.5 Å². The second kappa shape index (κ2) is 10.5. The van der Waals surface area contributed by atoms with Crippen LogP contribution in [0.15, 0.2) is 77.7 Å². The lowest BCUT2D eigenvalue weighted by Crippen LogP contribution is -2.45. The number of methoxy groups -OCH3 is 2. The van der Waals surface area contributed by atoms with Crippen molar-refractivity contribution in [3.05, 3.63) is 83.4 Å². The minimum atomic E-state index is -4.05. The molecule has 168 valence electrons. The Labute approximate surface area is 192 Å². The Morgan fingerprint density at radius 2 is 1.59 bits per heavy atom. The Kier molecular flexibility index (Phi) is 7.74. The Morgan fingerprint density at radius 3 is 2.22 bits per heavy atom. The predicted octanol–water partition coefficient (Wildman–Crippen LogP) is 3.89. The van der Waals surface area contributed by atoms with Gasteiger partial charge in [-0.05, 0) is 48.4 Å². The van der Waals surface area contributed by atoms with Gasteiger partial charge < -0.3 is 14.8 Å². The Hall–Kier alpha value is -3.07. The lowest BCUT2D eigenvalue weighted by atomic mass is 10.1. The second-order valence-electron chi connectivity index (χ2n) is 6.88. The van der Waals surface area contributed by atoms with E-state index in [9.17, 15) is 13.2 Å². The molecule has 1 atom stereocenters. The number of benzene rings is 3. The lowest BCUT2D eigenvalue weighted by Gasteiger charge is -2.19. The minimum Gasteiger partial charge on any atom is -0.493 e. The highest BCUT2D eigenvalue weighted by molar-refractivity contribution is 7.89. The van der Waals surface area contributed by atoms with E-state index in [1.54, 1.807) is 24.3 Å². The van der Waals surface area contributed by atoms with Gasteiger partial charge in [-0.3, -0.25) is 4.79 Å². The van der Waals surface area contributed by atoms with Crippen LogP contribution in [0.1, 0.15) is 5.56 Å². The Balaban J connectivity index is 1.88. The molecule has 32 heavy (non-hydrogen) atoms. The van der Waals surface area contributed by atoms with Crippen molar-refractivity contribution < 1.29 is 22.7 Å². The Bertz CT molecular complexity index is 1170. The zero-order valence-electron chi connectivity index (χ0n) is 17.5. The van der Waals surface area contributed by atoms with Gasteiger partial charge in [0.1, 0.15) is 6.04 Å². The van der Waals surface area contributed by atoms with Crippen molar-refractivity contribution in [2.45, 2.75) is 17.4 Å². The van der Waals surface area contributed by atoms with Gasteiger partial charge in [-0.25, -0.2) is 8.42 Å². The van der Waals surface area contributed by atoms with E-state index < -0.39 is 22.0 Å². The van der Waals surface area contributed by atoms with Crippen LogP contribution in [0.2, 0.25) is 5.02 Å². The van der Waals surface area contributed by atoms with Crippen molar-refractivity contribution in [2.24, 2.45) is 0 Å². The number of sulfonamides is 1. The molecule has 9 heteroatoms. The van der Waals surface area contributed by atoms with E-state index in [2.05, 4.69) is 10.0 Å². The first kappa shape index (κ1) is 23.6. The summed E-state index contributed by atoms with van der Waals surface area (Å²) in [5, 5.41) is 3.26. The van der Waals surface area contributed by atoms with Gasteiger partial charge in [0.15, 0.2) is 11.5 Å². The summed E-state index contributed by atoms with van der Waals surface area (Å²) < 4.78 is 39.1. The van der Waals surface area contributed by atoms with E-state index >= 15 is 0 Å². The summed E-state index contributed by atoms with van der Waals surface area (Å²) in [5.41, 5.74) is 1.31. The van der Waals surface area contributed by atoms with Gasteiger partial charge in [-0.1, -0.05) is 41.9 Å². The minimum absolute atomic E-state index is 0.0486. The van der Waals surface area contributed by atoms with Crippen LogP contribution in [0.3, 0.4) is 0 Å². The Morgan fingerprint density at radius 1 is 0.938 bits per heavy atom. The smallest absolute Gasteiger partial charge is 0.242 e. The average Bonchev–Trinajstić information content (AvgIpc) is 2.80. The van der Waals surface area contributed by atoms with Gasteiger partial charge in [-0.15, -0.1) is 0 Å². The fourth-order valence-corrected chi connectivity index (χ4v) is 4.38. The number of carbonyl (C=O) groups is 1. The van der Waals surface area contributed by atoms with Crippen molar-refractivity contribution in [3.8, 4) is 11.5 Å². The maximum Gasteiger partial charge on any atom is 0.242 e. The van der Waals surface area contributed by atoms with Crippen molar-refractivity contribution >= 4 is 33.2 Å². The molecule has 0 aliphatic rings. The van der Waals surface area contributed by atoms with Gasteiger partial charge in [0, 0.05) is 16.8 Å². The van der Waals surface area contributed by atoms with Crippen molar-refractivity contribution in [2.75, 3.05) is 19.5 Å². The van der Waals surface area contributed by atoms with Crippen molar-refractivity contribution in [3.63, 3.8) is 0 Å². The van der Waals surface area contributed by atoms with Crippen LogP contribution >= 0.6 is 11.6 Å². The molecule has 0 bridgehead atoms. The number of ether oxygens (including phenoxy) is 2. The lowest BCUT2D eigenvalue weighted by molar-refractivity contribution is -0.117. The van der Waals surface area contributed by atoms with Gasteiger partial charge in [0.05, 0.1) is 19.1 Å². The SMILES string of the molecule is COc1ccc(S(=O)(=O)N[C@H](Cc2ccccc2)C(=O)Nc2ccc(Cl)cc2)cc1OC. The van der Waals surface area contributed by atoms with Gasteiger partial charge in [0.25, 0.3) is 0 Å². The quantitative estimate of drug-likeness (QED) is 0.490. The summed E-state index contributed by atoms with van der Waals surface area (Å²) in [7, 11) is -1.17. The maximum atomic E-state index is 13.1. The summed E-state index contributed by atoms with van der Waals surface area (Å²) in [6.07, 6.45) is 0.160. The van der Waals surface area contributed by atoms with Crippen LogP contribution in [-0.2, 0) is 21.2 Å². The second-order valence-corrected chi connectivity index (χ2v) is 9.03. The van der Waals surface area contributed by atoms with Gasteiger partial charge in [0.2, 0.25) is 15.9 Å². The van der Waals surface area contributed by atoms with Crippen LogP contribution < -0.4 is 19.5 Å². The fourth-order valence-electron chi connectivity index (χ4n) is 3.04. The standard InChI is InChI=1S/C23H23ClN2O5S/c1-30-21-13-12-19(15-22(21)31-2)32(28,29)26-20(14-16-6-4-3-5-7-16)23(27)25-18-10-8-17(24)9-11-18/h3-13,15,20,26H,14H2,1-2H3,(H,25,27)/t20-/m1/s1. The number of hydrogen-bond donors (Lipinski definition) is 2. The third-order valence-electron chi connectivity index (χ3n) is 4.67. The van der Waals surface area contributed by atoms with E-state index in [0.717, 1.165) is 5.56 Å². The largest absolute Gasteiger partial charge is 0.493 e. The fraction of sp³-hybridized carbons (Fsp3) is 0.174. The number of halogens is 1. The summed E-state index contributed by atoms with van der Waals surface area (Å²) in [6.45, 7) is 0. The molecule has 0 aromatic heterocycles. The summed E-state index contributed by atoms with van der Waals surface area (Å²) in [5.74, 6) is 0.161. The molecule has 7 nitrogen and oxygen atoms in total. The zero-order valence-corrected chi connectivity index (χ0v) is 19.1. The monoisotopic (exact) mass is 474 g/mol. The molecule has 0 heterocycles. The van der Waals surface area contributed by atoms with Crippen LogP contribution in [0.4, 0.5) is 5.69 Å². The normalized spacial score (nSPS) is 12.1. The number of amides is 1. The van der Waals surface area contributed by atoms with E-state index in [1.807, 2.05) is 30.3 Å². The molecule has 2 N–H and O–H groups in total. The summed E-state index contributed by atoms with van der Waals surface area (Å²) in [6, 6.07) is 18.9. The zero-order chi connectivity index (χ0) is 23.1. The molecule has 0 spiro atoms. The van der Waals surface area contributed by atoms with Crippen LogP contribution in [0.25, 0.3) is 0 Å². The molecule has 3 aromatic carbocycles. The third-order valence-corrected chi connectivity index (χ3v) is 6.39. The van der Waals surface area contributed by atoms with E-state index in [-0.39, 0.29) is 17.1 Å². The van der Waals surface area contributed by atoms with Crippen LogP contribution in [-0.4, -0.2) is 34.6 Å². The van der Waals surface area contributed by atoms with E-state index in [0.29, 0.717) is 16.5 Å². The summed E-state index contributed by atoms with van der Waals surface area (Å²) in [4.78, 5) is 13.0. The molecule has 3 aromatic rings. The molecule has 1 amide bonds. The molecule has 0 unspecified atom stereocenters. The van der Waals surface area contributed by atoms with Crippen molar-refractivity contribution in [1.29, 1.82) is 0 Å². The van der Waals surface area contributed by atoms with E-state index in [1.165, 1.54) is 32.4 Å². The highest BCUT2D eigenvalue weighted by atomic mass is 35.5. The highest BCUT2D eigenvalue weighted by Crippen LogP contribution is 2.29. The first-order valence-electron chi connectivity index (χ1n) is 9.67. The molecular formula is C23H23ClN2O5S.